The summed E-state index contributed by atoms with van der Waals surface area (Å²) in [6.45, 7) is 1.16. The number of hydrogen-bond donors (Lipinski definition) is 3. The molecule has 4 aromatic rings. The number of amides is 1. The van der Waals surface area contributed by atoms with Crippen LogP contribution in [0.4, 0.5) is 21.9 Å². The third kappa shape index (κ3) is 3.12. The molecule has 0 atom stereocenters. The molecular formula is C18H15FN8O2. The van der Waals surface area contributed by atoms with Gasteiger partial charge in [-0.2, -0.15) is 10.1 Å². The average molecular weight is 394 g/mol. The molecular weight excluding hydrogens is 379 g/mol. The Morgan fingerprint density at radius 3 is 2.93 bits per heavy atom. The number of nitrogens with two attached hydrogens (primary N) is 1. The van der Waals surface area contributed by atoms with E-state index in [1.54, 1.807) is 24.7 Å². The number of oxazole rings is 1. The number of rotatable bonds is 5. The van der Waals surface area contributed by atoms with Crippen LogP contribution in [0.25, 0.3) is 11.1 Å². The predicted molar refractivity (Wildman–Crippen MR) is 101 cm³/mol. The molecule has 1 amide bonds. The third-order valence-electron chi connectivity index (χ3n) is 4.70. The topological polar surface area (TPSA) is 139 Å². The Balaban J connectivity index is 1.34. The summed E-state index contributed by atoms with van der Waals surface area (Å²) < 4.78 is 18.9. The summed E-state index contributed by atoms with van der Waals surface area (Å²) in [5.74, 6) is -0.752. The van der Waals surface area contributed by atoms with E-state index in [2.05, 4.69) is 30.5 Å². The van der Waals surface area contributed by atoms with E-state index in [0.29, 0.717) is 41.6 Å². The van der Waals surface area contributed by atoms with Crippen LogP contribution in [0.1, 0.15) is 22.1 Å². The minimum Gasteiger partial charge on any atom is -0.423 e. The van der Waals surface area contributed by atoms with Crippen molar-refractivity contribution in [3.05, 3.63) is 54.0 Å². The molecule has 3 aromatic heterocycles. The summed E-state index contributed by atoms with van der Waals surface area (Å²) in [7, 11) is 0. The van der Waals surface area contributed by atoms with Crippen molar-refractivity contribution >= 4 is 34.5 Å². The molecule has 1 aliphatic rings. The first-order valence-electron chi connectivity index (χ1n) is 8.80. The number of nitrogens with zero attached hydrogens (tertiary/aromatic N) is 5. The minimum atomic E-state index is -0.678. The first kappa shape index (κ1) is 17.1. The van der Waals surface area contributed by atoms with Crippen LogP contribution in [0.15, 0.2) is 41.2 Å². The van der Waals surface area contributed by atoms with Gasteiger partial charge in [0.2, 0.25) is 0 Å². The lowest BCUT2D eigenvalue weighted by atomic mass is 9.97. The van der Waals surface area contributed by atoms with Crippen LogP contribution in [-0.2, 0) is 0 Å². The Kier molecular flexibility index (Phi) is 3.86. The second-order valence-corrected chi connectivity index (χ2v) is 6.68. The fraction of sp³-hybridized carbons (Fsp3) is 0.167. The van der Waals surface area contributed by atoms with Gasteiger partial charge in [0.15, 0.2) is 17.1 Å². The number of aromatic amines is 1. The van der Waals surface area contributed by atoms with Gasteiger partial charge in [0.1, 0.15) is 11.3 Å². The molecule has 0 bridgehead atoms. The summed E-state index contributed by atoms with van der Waals surface area (Å²) in [4.78, 5) is 26.8. The zero-order valence-corrected chi connectivity index (χ0v) is 15.0. The van der Waals surface area contributed by atoms with Crippen molar-refractivity contribution in [1.82, 2.24) is 25.1 Å². The van der Waals surface area contributed by atoms with E-state index in [1.807, 2.05) is 4.90 Å². The Bertz CT molecular complexity index is 1200. The fourth-order valence-electron chi connectivity index (χ4n) is 3.16. The number of anilines is 3. The van der Waals surface area contributed by atoms with Gasteiger partial charge in [-0.3, -0.25) is 9.89 Å². The van der Waals surface area contributed by atoms with E-state index in [1.165, 1.54) is 12.1 Å². The van der Waals surface area contributed by atoms with E-state index in [0.717, 1.165) is 0 Å². The number of aromatic nitrogens is 5. The fourth-order valence-corrected chi connectivity index (χ4v) is 3.16. The molecule has 1 aromatic carbocycles. The van der Waals surface area contributed by atoms with Gasteiger partial charge < -0.3 is 20.4 Å². The van der Waals surface area contributed by atoms with Gasteiger partial charge in [0.05, 0.1) is 23.8 Å². The van der Waals surface area contributed by atoms with E-state index in [-0.39, 0.29) is 23.2 Å². The van der Waals surface area contributed by atoms with Crippen LogP contribution < -0.4 is 16.0 Å². The van der Waals surface area contributed by atoms with Crippen molar-refractivity contribution < 1.29 is 13.6 Å². The maximum Gasteiger partial charge on any atom is 0.298 e. The molecule has 0 unspecified atom stereocenters. The standard InChI is InChI=1S/C18H15FN8O2/c19-10-1-2-12-14(3-10)29-18(26-12)27-7-9(8-27)13-6-21-17(15(25-13)16(20)28)24-11-4-22-23-5-11/h1-6,9H,7-8H2,(H2,20,28)(H,21,24)(H,22,23). The Labute approximate surface area is 163 Å². The molecule has 4 heterocycles. The largest absolute Gasteiger partial charge is 0.423 e. The molecule has 4 N–H and O–H groups in total. The monoisotopic (exact) mass is 394 g/mol. The summed E-state index contributed by atoms with van der Waals surface area (Å²) in [5, 5.41) is 9.44. The van der Waals surface area contributed by atoms with Crippen LogP contribution in [0, 0.1) is 5.82 Å². The van der Waals surface area contributed by atoms with Gasteiger partial charge in [-0.1, -0.05) is 0 Å². The molecule has 1 aliphatic heterocycles. The highest BCUT2D eigenvalue weighted by molar-refractivity contribution is 5.96. The maximum absolute atomic E-state index is 13.3. The van der Waals surface area contributed by atoms with Gasteiger partial charge in [-0.15, -0.1) is 0 Å². The SMILES string of the molecule is NC(=O)c1nc(C2CN(c3nc4ccc(F)cc4o3)C2)cnc1Nc1cn[nH]c1. The van der Waals surface area contributed by atoms with Crippen LogP contribution in [-0.4, -0.2) is 44.1 Å². The summed E-state index contributed by atoms with van der Waals surface area (Å²) >= 11 is 0. The van der Waals surface area contributed by atoms with Crippen molar-refractivity contribution in [2.75, 3.05) is 23.3 Å². The minimum absolute atomic E-state index is 0.0373. The van der Waals surface area contributed by atoms with Gasteiger partial charge in [-0.25, -0.2) is 14.4 Å². The second kappa shape index (κ2) is 6.55. The lowest BCUT2D eigenvalue weighted by Gasteiger charge is -2.37. The number of primary amides is 1. The first-order chi connectivity index (χ1) is 14.1. The highest BCUT2D eigenvalue weighted by Gasteiger charge is 2.33. The molecule has 0 spiro atoms. The molecule has 29 heavy (non-hydrogen) atoms. The van der Waals surface area contributed by atoms with Crippen LogP contribution in [0.5, 0.6) is 0 Å². The van der Waals surface area contributed by atoms with Crippen molar-refractivity contribution in [1.29, 1.82) is 0 Å². The van der Waals surface area contributed by atoms with Gasteiger partial charge in [0.25, 0.3) is 11.9 Å². The van der Waals surface area contributed by atoms with Crippen LogP contribution >= 0.6 is 0 Å². The Morgan fingerprint density at radius 2 is 2.17 bits per heavy atom. The molecule has 1 saturated heterocycles. The molecule has 0 radical (unpaired) electrons. The third-order valence-corrected chi connectivity index (χ3v) is 4.70. The van der Waals surface area contributed by atoms with Crippen molar-refractivity contribution in [3.8, 4) is 0 Å². The Hall–Kier alpha value is -4.02. The normalized spacial score (nSPS) is 14.2. The molecule has 146 valence electrons. The lowest BCUT2D eigenvalue weighted by molar-refractivity contribution is 0.0995. The molecule has 1 fully saturated rings. The second-order valence-electron chi connectivity index (χ2n) is 6.68. The highest BCUT2D eigenvalue weighted by atomic mass is 19.1. The molecule has 11 heteroatoms. The maximum atomic E-state index is 13.3. The predicted octanol–water partition coefficient (Wildman–Crippen LogP) is 1.93. The van der Waals surface area contributed by atoms with E-state index >= 15 is 0 Å². The number of hydrogen-bond acceptors (Lipinski definition) is 8. The van der Waals surface area contributed by atoms with Gasteiger partial charge in [0, 0.05) is 31.3 Å². The molecule has 0 saturated carbocycles. The number of fused-ring (bicyclic) bond motifs is 1. The van der Waals surface area contributed by atoms with E-state index in [4.69, 9.17) is 10.2 Å². The zero-order chi connectivity index (χ0) is 20.0. The zero-order valence-electron chi connectivity index (χ0n) is 15.0. The van der Waals surface area contributed by atoms with Crippen LogP contribution in [0.3, 0.4) is 0 Å². The number of carbonyl (C=O) groups excluding carboxylic acids is 1. The number of nitrogens with one attached hydrogen (secondary N) is 2. The number of benzene rings is 1. The quantitative estimate of drug-likeness (QED) is 0.467. The Morgan fingerprint density at radius 1 is 1.31 bits per heavy atom. The van der Waals surface area contributed by atoms with Crippen molar-refractivity contribution in [2.45, 2.75) is 5.92 Å². The number of halogens is 1. The summed E-state index contributed by atoms with van der Waals surface area (Å²) in [5.41, 5.74) is 7.80. The van der Waals surface area contributed by atoms with E-state index < -0.39 is 5.91 Å². The van der Waals surface area contributed by atoms with Crippen LogP contribution in [0.2, 0.25) is 0 Å². The average Bonchev–Trinajstić information content (AvgIpc) is 3.30. The van der Waals surface area contributed by atoms with Crippen molar-refractivity contribution in [2.24, 2.45) is 5.73 Å². The number of carbonyl (C=O) groups is 1. The smallest absolute Gasteiger partial charge is 0.298 e. The summed E-state index contributed by atoms with van der Waals surface area (Å²) in [6.07, 6.45) is 4.78. The molecule has 10 nitrogen and oxygen atoms in total. The summed E-state index contributed by atoms with van der Waals surface area (Å²) in [6, 6.07) is 4.64. The van der Waals surface area contributed by atoms with E-state index in [9.17, 15) is 9.18 Å². The molecule has 5 rings (SSSR count). The highest BCUT2D eigenvalue weighted by Crippen LogP contribution is 2.32. The van der Waals surface area contributed by atoms with Crippen molar-refractivity contribution in [3.63, 3.8) is 0 Å². The first-order valence-corrected chi connectivity index (χ1v) is 8.80. The van der Waals surface area contributed by atoms with Gasteiger partial charge in [-0.05, 0) is 12.1 Å². The number of H-pyrrole nitrogens is 1. The molecule has 0 aliphatic carbocycles. The lowest BCUT2D eigenvalue weighted by Crippen LogP contribution is -2.45. The van der Waals surface area contributed by atoms with Gasteiger partial charge >= 0.3 is 0 Å².